The molecular weight excluding hydrogens is 295 g/mol. The van der Waals surface area contributed by atoms with Crippen molar-refractivity contribution in [3.8, 4) is 0 Å². The summed E-state index contributed by atoms with van der Waals surface area (Å²) in [6.45, 7) is 2.89. The normalized spacial score (nSPS) is 22.5. The summed E-state index contributed by atoms with van der Waals surface area (Å²) in [5, 5.41) is 2.38. The highest BCUT2D eigenvalue weighted by atomic mass is 19.4. The second-order valence-corrected chi connectivity index (χ2v) is 5.69. The summed E-state index contributed by atoms with van der Waals surface area (Å²) in [6.07, 6.45) is -2.91. The Morgan fingerprint density at radius 1 is 1.41 bits per heavy atom. The summed E-state index contributed by atoms with van der Waals surface area (Å²) in [4.78, 5) is 13.8. The van der Waals surface area contributed by atoms with Crippen LogP contribution in [0.25, 0.3) is 0 Å². The maximum absolute atomic E-state index is 13.0. The number of hydrogen-bond acceptors (Lipinski definition) is 2. The zero-order valence-electron chi connectivity index (χ0n) is 12.4. The first kappa shape index (κ1) is 16.6. The van der Waals surface area contributed by atoms with Gasteiger partial charge < -0.3 is 16.0 Å². The third-order valence-electron chi connectivity index (χ3n) is 3.99. The van der Waals surface area contributed by atoms with E-state index in [2.05, 4.69) is 12.2 Å². The largest absolute Gasteiger partial charge is 0.418 e. The van der Waals surface area contributed by atoms with Crippen LogP contribution in [0, 0.1) is 5.92 Å². The first-order valence-electron chi connectivity index (χ1n) is 7.27. The molecule has 7 heteroatoms. The molecule has 0 spiro atoms. The third kappa shape index (κ3) is 3.71. The van der Waals surface area contributed by atoms with Crippen LogP contribution in [-0.2, 0) is 6.18 Å². The van der Waals surface area contributed by atoms with Gasteiger partial charge >= 0.3 is 12.2 Å². The third-order valence-corrected chi connectivity index (χ3v) is 3.99. The summed E-state index contributed by atoms with van der Waals surface area (Å²) < 4.78 is 38.9. The van der Waals surface area contributed by atoms with Gasteiger partial charge in [0.2, 0.25) is 0 Å². The minimum Gasteiger partial charge on any atom is -0.328 e. The second-order valence-electron chi connectivity index (χ2n) is 5.69. The molecule has 2 amide bonds. The molecule has 0 aliphatic carbocycles. The van der Waals surface area contributed by atoms with E-state index in [1.54, 1.807) is 0 Å². The molecule has 0 aromatic heterocycles. The molecule has 0 saturated carbocycles. The monoisotopic (exact) mass is 315 g/mol. The smallest absolute Gasteiger partial charge is 0.328 e. The lowest BCUT2D eigenvalue weighted by molar-refractivity contribution is -0.136. The number of anilines is 1. The number of urea groups is 1. The lowest BCUT2D eigenvalue weighted by Crippen LogP contribution is -2.50. The number of nitrogens with two attached hydrogens (primary N) is 1. The van der Waals surface area contributed by atoms with Crippen molar-refractivity contribution < 1.29 is 18.0 Å². The lowest BCUT2D eigenvalue weighted by Gasteiger charge is -2.38. The van der Waals surface area contributed by atoms with Gasteiger partial charge in [-0.1, -0.05) is 19.1 Å². The van der Waals surface area contributed by atoms with Crippen LogP contribution < -0.4 is 11.1 Å². The minimum atomic E-state index is -4.51. The fourth-order valence-corrected chi connectivity index (χ4v) is 2.77. The van der Waals surface area contributed by atoms with Crippen molar-refractivity contribution in [2.45, 2.75) is 32.0 Å². The van der Waals surface area contributed by atoms with Crippen LogP contribution in [0.2, 0.25) is 0 Å². The molecule has 22 heavy (non-hydrogen) atoms. The van der Waals surface area contributed by atoms with Gasteiger partial charge in [-0.2, -0.15) is 13.2 Å². The number of amides is 2. The maximum Gasteiger partial charge on any atom is 0.418 e. The number of nitrogens with one attached hydrogen (secondary N) is 1. The number of carbonyl (C=O) groups excluding carboxylic acids is 1. The number of alkyl halides is 3. The molecule has 1 fully saturated rings. The van der Waals surface area contributed by atoms with Crippen LogP contribution in [0.15, 0.2) is 24.3 Å². The highest BCUT2D eigenvalue weighted by Crippen LogP contribution is 2.35. The number of hydrogen-bond donors (Lipinski definition) is 2. The molecule has 2 atom stereocenters. The second kappa shape index (κ2) is 6.56. The van der Waals surface area contributed by atoms with E-state index in [9.17, 15) is 18.0 Å². The van der Waals surface area contributed by atoms with E-state index in [0.29, 0.717) is 19.0 Å². The summed E-state index contributed by atoms with van der Waals surface area (Å²) in [6, 6.07) is 4.30. The molecule has 3 N–H and O–H groups in total. The number of likely N-dealkylation sites (tertiary alicyclic amines) is 1. The average Bonchev–Trinajstić information content (AvgIpc) is 2.46. The van der Waals surface area contributed by atoms with Crippen LogP contribution in [0.4, 0.5) is 23.7 Å². The Kier molecular flexibility index (Phi) is 4.95. The Morgan fingerprint density at radius 2 is 2.09 bits per heavy atom. The van der Waals surface area contributed by atoms with Crippen molar-refractivity contribution in [2.75, 3.05) is 18.4 Å². The van der Waals surface area contributed by atoms with Crippen molar-refractivity contribution >= 4 is 11.7 Å². The molecule has 4 nitrogen and oxygen atoms in total. The van der Waals surface area contributed by atoms with E-state index in [4.69, 9.17) is 5.73 Å². The van der Waals surface area contributed by atoms with Crippen LogP contribution in [0.5, 0.6) is 0 Å². The van der Waals surface area contributed by atoms with Crippen LogP contribution in [0.1, 0.15) is 25.3 Å². The Morgan fingerprint density at radius 3 is 2.73 bits per heavy atom. The number of piperidine rings is 1. The van der Waals surface area contributed by atoms with Crippen molar-refractivity contribution in [3.63, 3.8) is 0 Å². The van der Waals surface area contributed by atoms with Crippen LogP contribution in [-0.4, -0.2) is 30.1 Å². The van der Waals surface area contributed by atoms with Crippen molar-refractivity contribution in [1.29, 1.82) is 0 Å². The molecule has 0 bridgehead atoms. The Hall–Kier alpha value is -1.76. The molecule has 1 aliphatic heterocycles. The Bertz CT molecular complexity index is 533. The Balaban J connectivity index is 2.15. The van der Waals surface area contributed by atoms with E-state index < -0.39 is 17.8 Å². The average molecular weight is 315 g/mol. The number of rotatable bonds is 2. The zero-order valence-corrected chi connectivity index (χ0v) is 12.4. The lowest BCUT2D eigenvalue weighted by atomic mass is 9.93. The topological polar surface area (TPSA) is 58.4 Å². The van der Waals surface area contributed by atoms with Crippen molar-refractivity contribution in [2.24, 2.45) is 11.7 Å². The van der Waals surface area contributed by atoms with E-state index in [0.717, 1.165) is 18.9 Å². The van der Waals surface area contributed by atoms with Gasteiger partial charge in [0.15, 0.2) is 0 Å². The van der Waals surface area contributed by atoms with Gasteiger partial charge in [-0.05, 0) is 30.9 Å². The first-order valence-corrected chi connectivity index (χ1v) is 7.27. The van der Waals surface area contributed by atoms with Gasteiger partial charge in [0.05, 0.1) is 11.3 Å². The zero-order chi connectivity index (χ0) is 16.3. The highest BCUT2D eigenvalue weighted by molar-refractivity contribution is 5.90. The summed E-state index contributed by atoms with van der Waals surface area (Å²) in [5.41, 5.74) is 4.61. The van der Waals surface area contributed by atoms with Gasteiger partial charge in [-0.15, -0.1) is 0 Å². The van der Waals surface area contributed by atoms with Crippen molar-refractivity contribution in [3.05, 3.63) is 29.8 Å². The summed E-state index contributed by atoms with van der Waals surface area (Å²) >= 11 is 0. The SMILES string of the molecule is CC1CCN(C(=O)Nc2ccccc2C(F)(F)F)C(CN)C1. The molecule has 1 aliphatic rings. The summed E-state index contributed by atoms with van der Waals surface area (Å²) in [5.74, 6) is 0.458. The molecule has 2 rings (SSSR count). The van der Waals surface area contributed by atoms with E-state index in [-0.39, 0.29) is 11.7 Å². The molecular formula is C15H20F3N3O. The number of halogens is 3. The van der Waals surface area contributed by atoms with E-state index in [1.165, 1.54) is 23.1 Å². The molecule has 1 aromatic carbocycles. The standard InChI is InChI=1S/C15H20F3N3O/c1-10-6-7-21(11(8-10)9-19)14(22)20-13-5-3-2-4-12(13)15(16,17)18/h2-5,10-11H,6-9,19H2,1H3,(H,20,22). The predicted octanol–water partition coefficient (Wildman–Crippen LogP) is 3.30. The van der Waals surface area contributed by atoms with Gasteiger partial charge in [0, 0.05) is 19.1 Å². The molecule has 1 heterocycles. The van der Waals surface area contributed by atoms with Gasteiger partial charge in [-0.25, -0.2) is 4.79 Å². The predicted molar refractivity (Wildman–Crippen MR) is 78.4 cm³/mol. The van der Waals surface area contributed by atoms with Crippen LogP contribution >= 0.6 is 0 Å². The molecule has 1 aromatic rings. The molecule has 2 unspecified atom stereocenters. The maximum atomic E-state index is 13.0. The molecule has 0 radical (unpaired) electrons. The molecule has 122 valence electrons. The van der Waals surface area contributed by atoms with E-state index in [1.807, 2.05) is 0 Å². The summed E-state index contributed by atoms with van der Waals surface area (Å²) in [7, 11) is 0. The van der Waals surface area contributed by atoms with Crippen molar-refractivity contribution in [1.82, 2.24) is 4.90 Å². The van der Waals surface area contributed by atoms with Gasteiger partial charge in [0.25, 0.3) is 0 Å². The molecule has 1 saturated heterocycles. The quantitative estimate of drug-likeness (QED) is 0.880. The number of para-hydroxylation sites is 1. The Labute approximate surface area is 127 Å². The minimum absolute atomic E-state index is 0.137. The van der Waals surface area contributed by atoms with Gasteiger partial charge in [-0.3, -0.25) is 0 Å². The highest BCUT2D eigenvalue weighted by Gasteiger charge is 2.35. The number of nitrogens with zero attached hydrogens (tertiary/aromatic N) is 1. The van der Waals surface area contributed by atoms with Gasteiger partial charge in [0.1, 0.15) is 0 Å². The first-order chi connectivity index (χ1) is 10.3. The number of benzene rings is 1. The fraction of sp³-hybridized carbons (Fsp3) is 0.533. The van der Waals surface area contributed by atoms with E-state index >= 15 is 0 Å². The number of carbonyl (C=O) groups is 1. The van der Waals surface area contributed by atoms with Crippen LogP contribution in [0.3, 0.4) is 0 Å². The fourth-order valence-electron chi connectivity index (χ4n) is 2.77.